The highest BCUT2D eigenvalue weighted by molar-refractivity contribution is 7.99. The highest BCUT2D eigenvalue weighted by Gasteiger charge is 2.25. The minimum absolute atomic E-state index is 0. The number of nitrogens with one attached hydrogen (secondary N) is 1. The first-order chi connectivity index (χ1) is 9.47. The maximum absolute atomic E-state index is 13.4. The van der Waals surface area contributed by atoms with E-state index < -0.39 is 6.04 Å². The van der Waals surface area contributed by atoms with E-state index in [1.165, 1.54) is 12.1 Å². The molecule has 1 aromatic rings. The zero-order valence-electron chi connectivity index (χ0n) is 12.3. The van der Waals surface area contributed by atoms with Crippen molar-refractivity contribution in [2.45, 2.75) is 43.7 Å². The van der Waals surface area contributed by atoms with Gasteiger partial charge < -0.3 is 11.1 Å². The summed E-state index contributed by atoms with van der Waals surface area (Å²) in [5.74, 6) is 0.883. The molecule has 0 aliphatic carbocycles. The summed E-state index contributed by atoms with van der Waals surface area (Å²) >= 11 is 1.70. The molecule has 1 aliphatic heterocycles. The first-order valence-corrected chi connectivity index (χ1v) is 7.94. The van der Waals surface area contributed by atoms with Gasteiger partial charge in [-0.1, -0.05) is 13.8 Å². The summed E-state index contributed by atoms with van der Waals surface area (Å²) < 4.78 is 13.4. The second kappa shape index (κ2) is 8.01. The van der Waals surface area contributed by atoms with E-state index in [1.807, 2.05) is 13.8 Å². The second-order valence-corrected chi connectivity index (χ2v) is 6.75. The van der Waals surface area contributed by atoms with E-state index in [4.69, 9.17) is 5.73 Å². The summed E-state index contributed by atoms with van der Waals surface area (Å²) in [6, 6.07) is 4.12. The topological polar surface area (TPSA) is 55.1 Å². The average molecular weight is 333 g/mol. The number of hydrogen-bond acceptors (Lipinski definition) is 3. The van der Waals surface area contributed by atoms with Crippen LogP contribution in [0.2, 0.25) is 0 Å². The summed E-state index contributed by atoms with van der Waals surface area (Å²) in [5, 5.41) is 2.96. The number of halogens is 2. The first kappa shape index (κ1) is 18.3. The van der Waals surface area contributed by atoms with Crippen LogP contribution in [0.25, 0.3) is 0 Å². The fourth-order valence-corrected chi connectivity index (χ4v) is 3.51. The third kappa shape index (κ3) is 4.87. The van der Waals surface area contributed by atoms with Crippen molar-refractivity contribution in [1.29, 1.82) is 0 Å². The van der Waals surface area contributed by atoms with Gasteiger partial charge in [-0.15, -0.1) is 24.2 Å². The molecule has 1 unspecified atom stereocenters. The van der Waals surface area contributed by atoms with Crippen LogP contribution in [0.4, 0.5) is 4.39 Å². The average Bonchev–Trinajstić information content (AvgIpc) is 2.38. The van der Waals surface area contributed by atoms with E-state index in [9.17, 15) is 9.18 Å². The van der Waals surface area contributed by atoms with Crippen molar-refractivity contribution in [3.63, 3.8) is 0 Å². The van der Waals surface area contributed by atoms with E-state index in [0.717, 1.165) is 22.6 Å². The lowest BCUT2D eigenvalue weighted by Gasteiger charge is -2.27. The largest absolute Gasteiger partial charge is 0.348 e. The molecule has 1 aromatic carbocycles. The second-order valence-electron chi connectivity index (χ2n) is 5.62. The Labute approximate surface area is 135 Å². The molecule has 0 aromatic heterocycles. The molecule has 1 aliphatic rings. The van der Waals surface area contributed by atoms with E-state index in [0.29, 0.717) is 12.3 Å². The Morgan fingerprint density at radius 3 is 2.90 bits per heavy atom. The lowest BCUT2D eigenvalue weighted by molar-refractivity contribution is -0.123. The number of nitrogens with two attached hydrogens (primary N) is 1. The molecule has 21 heavy (non-hydrogen) atoms. The van der Waals surface area contributed by atoms with Crippen LogP contribution in [-0.4, -0.2) is 17.7 Å². The van der Waals surface area contributed by atoms with Crippen molar-refractivity contribution in [3.8, 4) is 0 Å². The van der Waals surface area contributed by atoms with Crippen LogP contribution in [0.1, 0.15) is 38.3 Å². The van der Waals surface area contributed by atoms with Gasteiger partial charge in [0.1, 0.15) is 5.82 Å². The van der Waals surface area contributed by atoms with Gasteiger partial charge in [-0.25, -0.2) is 4.39 Å². The van der Waals surface area contributed by atoms with E-state index in [-0.39, 0.29) is 30.2 Å². The number of carbonyl (C=O) groups excluding carboxylic acids is 1. The summed E-state index contributed by atoms with van der Waals surface area (Å²) in [6.07, 6.45) is 1.46. The number of rotatable bonds is 4. The van der Waals surface area contributed by atoms with Crippen LogP contribution in [0.15, 0.2) is 23.1 Å². The van der Waals surface area contributed by atoms with Crippen molar-refractivity contribution in [2.75, 3.05) is 5.75 Å². The maximum atomic E-state index is 13.4. The number of amides is 1. The Morgan fingerprint density at radius 1 is 1.52 bits per heavy atom. The third-order valence-electron chi connectivity index (χ3n) is 3.39. The molecule has 0 saturated carbocycles. The minimum Gasteiger partial charge on any atom is -0.348 e. The molecular formula is C15H22ClFN2OS. The lowest BCUT2D eigenvalue weighted by atomic mass is 10.0. The standard InChI is InChI=1S/C15H21FN2OS.ClH/c1-9(2)7-12(17)15(19)18-13-5-6-20-14-4-3-10(16)8-11(13)14;/h3-4,8-9,12-13H,5-7,17H2,1-2H3,(H,18,19);1H/t12-,13?;/m0./s1. The molecule has 1 heterocycles. The Morgan fingerprint density at radius 2 is 2.24 bits per heavy atom. The molecule has 3 N–H and O–H groups in total. The monoisotopic (exact) mass is 332 g/mol. The van der Waals surface area contributed by atoms with Gasteiger partial charge in [-0.05, 0) is 42.5 Å². The molecule has 2 rings (SSSR count). The number of thioether (sulfide) groups is 1. The van der Waals surface area contributed by atoms with Crippen LogP contribution < -0.4 is 11.1 Å². The summed E-state index contributed by atoms with van der Waals surface area (Å²) in [6.45, 7) is 4.07. The van der Waals surface area contributed by atoms with Crippen molar-refractivity contribution in [3.05, 3.63) is 29.6 Å². The highest BCUT2D eigenvalue weighted by atomic mass is 35.5. The van der Waals surface area contributed by atoms with Crippen LogP contribution >= 0.6 is 24.2 Å². The van der Waals surface area contributed by atoms with Crippen LogP contribution in [0.5, 0.6) is 0 Å². The number of hydrogen-bond donors (Lipinski definition) is 2. The van der Waals surface area contributed by atoms with Gasteiger partial charge in [-0.3, -0.25) is 4.79 Å². The molecule has 2 atom stereocenters. The van der Waals surface area contributed by atoms with Crippen molar-refractivity contribution in [2.24, 2.45) is 11.7 Å². The SMILES string of the molecule is CC(C)C[C@H](N)C(=O)NC1CCSc2ccc(F)cc21.Cl. The quantitative estimate of drug-likeness (QED) is 0.889. The summed E-state index contributed by atoms with van der Waals surface area (Å²) in [7, 11) is 0. The molecule has 118 valence electrons. The van der Waals surface area contributed by atoms with Gasteiger partial charge in [0.15, 0.2) is 0 Å². The fraction of sp³-hybridized carbons (Fsp3) is 0.533. The van der Waals surface area contributed by atoms with Gasteiger partial charge in [-0.2, -0.15) is 0 Å². The number of carbonyl (C=O) groups is 1. The normalized spacial score (nSPS) is 18.6. The van der Waals surface area contributed by atoms with E-state index >= 15 is 0 Å². The van der Waals surface area contributed by atoms with Gasteiger partial charge in [0.25, 0.3) is 0 Å². The molecule has 0 fully saturated rings. The molecule has 0 bridgehead atoms. The number of fused-ring (bicyclic) bond motifs is 1. The summed E-state index contributed by atoms with van der Waals surface area (Å²) in [4.78, 5) is 13.1. The smallest absolute Gasteiger partial charge is 0.237 e. The van der Waals surface area contributed by atoms with Crippen LogP contribution in [-0.2, 0) is 4.79 Å². The highest BCUT2D eigenvalue weighted by Crippen LogP contribution is 2.36. The van der Waals surface area contributed by atoms with Gasteiger partial charge in [0.05, 0.1) is 12.1 Å². The van der Waals surface area contributed by atoms with Crippen LogP contribution in [0, 0.1) is 11.7 Å². The van der Waals surface area contributed by atoms with Crippen molar-refractivity contribution < 1.29 is 9.18 Å². The first-order valence-electron chi connectivity index (χ1n) is 6.95. The number of benzene rings is 1. The van der Waals surface area contributed by atoms with E-state index in [2.05, 4.69) is 5.32 Å². The Balaban J connectivity index is 0.00000220. The van der Waals surface area contributed by atoms with Crippen molar-refractivity contribution in [1.82, 2.24) is 5.32 Å². The zero-order chi connectivity index (χ0) is 14.7. The van der Waals surface area contributed by atoms with Crippen molar-refractivity contribution >= 4 is 30.1 Å². The van der Waals surface area contributed by atoms with Gasteiger partial charge in [0.2, 0.25) is 5.91 Å². The molecule has 0 spiro atoms. The Kier molecular flexibility index (Phi) is 6.97. The van der Waals surface area contributed by atoms with Gasteiger partial charge in [0, 0.05) is 10.6 Å². The molecular weight excluding hydrogens is 311 g/mol. The zero-order valence-corrected chi connectivity index (χ0v) is 13.9. The van der Waals surface area contributed by atoms with Gasteiger partial charge >= 0.3 is 0 Å². The third-order valence-corrected chi connectivity index (χ3v) is 4.51. The Hall–Kier alpha value is -0.780. The predicted octanol–water partition coefficient (Wildman–Crippen LogP) is 3.27. The predicted molar refractivity (Wildman–Crippen MR) is 87.3 cm³/mol. The molecule has 0 saturated heterocycles. The fourth-order valence-electron chi connectivity index (χ4n) is 2.41. The lowest BCUT2D eigenvalue weighted by Crippen LogP contribution is -2.43. The molecule has 1 amide bonds. The Bertz CT molecular complexity index is 499. The van der Waals surface area contributed by atoms with Crippen LogP contribution in [0.3, 0.4) is 0 Å². The van der Waals surface area contributed by atoms with E-state index in [1.54, 1.807) is 17.8 Å². The maximum Gasteiger partial charge on any atom is 0.237 e. The molecule has 0 radical (unpaired) electrons. The molecule has 6 heteroatoms. The summed E-state index contributed by atoms with van der Waals surface area (Å²) in [5.41, 5.74) is 6.76. The minimum atomic E-state index is -0.499. The molecule has 3 nitrogen and oxygen atoms in total.